The highest BCUT2D eigenvalue weighted by Crippen LogP contribution is 2.31. The molecule has 2 atom stereocenters. The van der Waals surface area contributed by atoms with Gasteiger partial charge in [0.05, 0.1) is 18.0 Å². The zero-order chi connectivity index (χ0) is 31.8. The Morgan fingerprint density at radius 1 is 0.978 bits per heavy atom. The van der Waals surface area contributed by atoms with E-state index in [0.29, 0.717) is 42.8 Å². The first-order valence-electron chi connectivity index (χ1n) is 15.4. The first-order chi connectivity index (χ1) is 21.7. The number of piperazine rings is 2. The molecule has 1 aromatic rings. The number of halogens is 2. The van der Waals surface area contributed by atoms with Gasteiger partial charge in [-0.1, -0.05) is 11.6 Å². The van der Waals surface area contributed by atoms with Gasteiger partial charge < -0.3 is 30.1 Å². The molecule has 2 saturated heterocycles. The Morgan fingerprint density at radius 3 is 2.36 bits per heavy atom. The number of carbonyl (C=O) groups is 2. The normalized spacial score (nSPS) is 23.5. The highest BCUT2D eigenvalue weighted by atomic mass is 35.5. The van der Waals surface area contributed by atoms with Gasteiger partial charge in [0.25, 0.3) is 0 Å². The van der Waals surface area contributed by atoms with Crippen LogP contribution in [0.4, 0.5) is 10.6 Å². The number of ether oxygens (including phenoxy) is 2. The Kier molecular flexibility index (Phi) is 11.7. The molecular weight excluding hydrogens is 621 g/mol. The average molecular weight is 663 g/mol. The van der Waals surface area contributed by atoms with E-state index in [9.17, 15) is 9.59 Å². The van der Waals surface area contributed by atoms with E-state index in [1.54, 1.807) is 6.20 Å². The van der Waals surface area contributed by atoms with Crippen molar-refractivity contribution < 1.29 is 24.2 Å². The van der Waals surface area contributed by atoms with Crippen molar-refractivity contribution in [1.82, 2.24) is 19.7 Å². The molecule has 1 amide bonds. The first-order valence-corrected chi connectivity index (χ1v) is 16.2. The van der Waals surface area contributed by atoms with Crippen molar-refractivity contribution in [2.75, 3.05) is 83.5 Å². The number of hydrogen-bond acceptors (Lipinski definition) is 10. The highest BCUT2D eigenvalue weighted by molar-refractivity contribution is 6.33. The lowest BCUT2D eigenvalue weighted by Crippen LogP contribution is -2.48. The lowest BCUT2D eigenvalue weighted by atomic mass is 9.90. The molecule has 0 aromatic carbocycles. The summed E-state index contributed by atoms with van der Waals surface area (Å²) in [6.45, 7) is 9.16. The maximum atomic E-state index is 10.9. The number of alkyl halides is 1. The Morgan fingerprint density at radius 2 is 1.69 bits per heavy atom. The lowest BCUT2D eigenvalue weighted by molar-refractivity contribution is -0.137. The summed E-state index contributed by atoms with van der Waals surface area (Å²) in [5, 5.41) is 9.38. The molecule has 45 heavy (non-hydrogen) atoms. The number of rotatable bonds is 12. The fourth-order valence-corrected chi connectivity index (χ4v) is 6.67. The summed E-state index contributed by atoms with van der Waals surface area (Å²) < 4.78 is 11.2. The predicted octanol–water partition coefficient (Wildman–Crippen LogP) is 3.13. The van der Waals surface area contributed by atoms with Crippen LogP contribution in [0.15, 0.2) is 58.0 Å². The van der Waals surface area contributed by atoms with E-state index in [2.05, 4.69) is 30.7 Å². The summed E-state index contributed by atoms with van der Waals surface area (Å²) >= 11 is 12.9. The molecule has 0 saturated carbocycles. The fourth-order valence-electron chi connectivity index (χ4n) is 6.02. The van der Waals surface area contributed by atoms with E-state index < -0.39 is 12.1 Å². The van der Waals surface area contributed by atoms with Crippen molar-refractivity contribution in [1.29, 1.82) is 0 Å². The molecule has 12 nitrogen and oxygen atoms in total. The molecule has 0 radical (unpaired) electrons. The summed E-state index contributed by atoms with van der Waals surface area (Å²) in [5.41, 5.74) is 7.03. The van der Waals surface area contributed by atoms with Crippen molar-refractivity contribution >= 4 is 46.8 Å². The van der Waals surface area contributed by atoms with Crippen molar-refractivity contribution in [2.45, 2.75) is 24.6 Å². The van der Waals surface area contributed by atoms with Crippen molar-refractivity contribution in [2.24, 2.45) is 16.6 Å². The summed E-state index contributed by atoms with van der Waals surface area (Å²) in [6.07, 6.45) is 8.44. The largest absolute Gasteiger partial charge is 0.481 e. The molecule has 4 heterocycles. The van der Waals surface area contributed by atoms with Gasteiger partial charge in [-0.2, -0.15) is 0 Å². The van der Waals surface area contributed by atoms with Gasteiger partial charge in [0.15, 0.2) is 0 Å². The molecule has 1 aromatic heterocycles. The first kappa shape index (κ1) is 33.2. The second-order valence-electron chi connectivity index (χ2n) is 11.7. The minimum atomic E-state index is -0.770. The van der Waals surface area contributed by atoms with Gasteiger partial charge in [-0.05, 0) is 48.8 Å². The van der Waals surface area contributed by atoms with E-state index in [1.807, 2.05) is 24.3 Å². The summed E-state index contributed by atoms with van der Waals surface area (Å²) in [4.78, 5) is 40.4. The number of amides is 1. The number of carbonyl (C=O) groups excluding carboxylic acids is 1. The Bertz CT molecular complexity index is 1320. The van der Waals surface area contributed by atoms with Crippen LogP contribution in [0.2, 0.25) is 0 Å². The standard InChI is InChI=1S/C31H41Cl2N7O5/c32-24-17-23(18-25(33)19-24)27-15-22(21-39-7-5-38(6-8-39)13-14-44-31(34)43)16-29(36-27)45-26-1-2-28(35-20-26)40-11-9-37(10-12-40)4-3-30(41)42/h1-2,16-17,19-20,22,25H,3-15,18,21H2,(H2,34,43)(H,41,42). The summed E-state index contributed by atoms with van der Waals surface area (Å²) in [5.74, 6) is 1.41. The second kappa shape index (κ2) is 15.9. The molecular formula is C31H41Cl2N7O5. The van der Waals surface area contributed by atoms with Gasteiger partial charge in [0.1, 0.15) is 18.2 Å². The number of hydrogen-bond donors (Lipinski definition) is 2. The van der Waals surface area contributed by atoms with Crippen LogP contribution >= 0.6 is 23.2 Å². The second-order valence-corrected chi connectivity index (χ2v) is 12.7. The predicted molar refractivity (Wildman–Crippen MR) is 174 cm³/mol. The highest BCUT2D eigenvalue weighted by Gasteiger charge is 2.27. The molecule has 5 rings (SSSR count). The Hall–Kier alpha value is -3.16. The number of primary amides is 1. The molecule has 2 unspecified atom stereocenters. The zero-order valence-corrected chi connectivity index (χ0v) is 26.8. The third-order valence-corrected chi connectivity index (χ3v) is 8.92. The number of aromatic nitrogens is 1. The Labute approximate surface area is 273 Å². The molecule has 0 spiro atoms. The smallest absolute Gasteiger partial charge is 0.404 e. The van der Waals surface area contributed by atoms with E-state index in [0.717, 1.165) is 82.4 Å². The average Bonchev–Trinajstić information content (AvgIpc) is 3.01. The van der Waals surface area contributed by atoms with E-state index in [1.165, 1.54) is 0 Å². The quantitative estimate of drug-likeness (QED) is 0.322. The molecule has 3 N–H and O–H groups in total. The monoisotopic (exact) mass is 661 g/mol. The third-order valence-electron chi connectivity index (χ3n) is 8.41. The summed E-state index contributed by atoms with van der Waals surface area (Å²) in [6, 6.07) is 3.86. The van der Waals surface area contributed by atoms with E-state index >= 15 is 0 Å². The number of pyridine rings is 1. The lowest BCUT2D eigenvalue weighted by Gasteiger charge is -2.36. The van der Waals surface area contributed by atoms with E-state index in [4.69, 9.17) is 48.5 Å². The third kappa shape index (κ3) is 10.2. The van der Waals surface area contributed by atoms with Crippen LogP contribution in [-0.4, -0.2) is 127 Å². The molecule has 244 valence electrons. The van der Waals surface area contributed by atoms with Crippen molar-refractivity contribution in [3.8, 4) is 5.75 Å². The van der Waals surface area contributed by atoms with Gasteiger partial charge >= 0.3 is 12.1 Å². The minimum absolute atomic E-state index is 0.158. The number of allylic oxidation sites excluding steroid dienone is 4. The number of nitrogens with zero attached hydrogens (tertiary/aromatic N) is 6. The van der Waals surface area contributed by atoms with Crippen LogP contribution in [0.25, 0.3) is 0 Å². The van der Waals surface area contributed by atoms with Crippen LogP contribution < -0.4 is 15.4 Å². The maximum Gasteiger partial charge on any atom is 0.404 e. The van der Waals surface area contributed by atoms with Crippen molar-refractivity contribution in [3.05, 3.63) is 53.0 Å². The van der Waals surface area contributed by atoms with Crippen LogP contribution in [0, 0.1) is 5.92 Å². The molecule has 1 aliphatic carbocycles. The zero-order valence-electron chi connectivity index (χ0n) is 25.3. The van der Waals surface area contributed by atoms with Crippen LogP contribution in [0.1, 0.15) is 19.3 Å². The number of aliphatic carboxylic acids is 1. The van der Waals surface area contributed by atoms with Crippen molar-refractivity contribution in [3.63, 3.8) is 0 Å². The van der Waals surface area contributed by atoms with Gasteiger partial charge in [0.2, 0.25) is 5.88 Å². The number of carboxylic acids is 1. The number of anilines is 1. The maximum absolute atomic E-state index is 10.9. The molecule has 0 bridgehead atoms. The molecule has 3 aliphatic heterocycles. The van der Waals surface area contributed by atoms with Gasteiger partial charge in [-0.15, -0.1) is 11.6 Å². The number of aliphatic imine (C=N–C) groups is 1. The van der Waals surface area contributed by atoms with Gasteiger partial charge in [-0.25, -0.2) is 14.8 Å². The molecule has 2 fully saturated rings. The minimum Gasteiger partial charge on any atom is -0.481 e. The van der Waals surface area contributed by atoms with Crippen LogP contribution in [0.5, 0.6) is 5.75 Å². The molecule has 4 aliphatic rings. The number of carboxylic acid groups (broad SMARTS) is 1. The summed E-state index contributed by atoms with van der Waals surface area (Å²) in [7, 11) is 0. The van der Waals surface area contributed by atoms with E-state index in [-0.39, 0.29) is 17.7 Å². The van der Waals surface area contributed by atoms with Crippen LogP contribution in [0.3, 0.4) is 0 Å². The van der Waals surface area contributed by atoms with Crippen LogP contribution in [-0.2, 0) is 9.53 Å². The Balaban J connectivity index is 1.21. The topological polar surface area (TPSA) is 137 Å². The fraction of sp³-hybridized carbons (Fsp3) is 0.548. The van der Waals surface area contributed by atoms with Gasteiger partial charge in [-0.3, -0.25) is 14.6 Å². The number of nitrogens with two attached hydrogens (primary N) is 1. The molecule has 14 heteroatoms. The van der Waals surface area contributed by atoms with Gasteiger partial charge in [0, 0.05) is 88.7 Å². The SMILES string of the molecule is NC(=O)OCCN1CCN(CC2C=C(Oc3ccc(N4CCN(CCC(=O)O)CC4)nc3)N=C(C3=CC(Cl)=CC(Cl)C3)C2)CC1.